The maximum atomic E-state index is 6.10. The van der Waals surface area contributed by atoms with Gasteiger partial charge in [0.05, 0.1) is 6.26 Å². The molecule has 78 valence electrons. The zero-order valence-electron chi connectivity index (χ0n) is 8.65. The summed E-state index contributed by atoms with van der Waals surface area (Å²) in [6.45, 7) is 2.16. The molecule has 2 heterocycles. The molecule has 14 heavy (non-hydrogen) atoms. The van der Waals surface area contributed by atoms with Crippen LogP contribution in [0.25, 0.3) is 0 Å². The van der Waals surface area contributed by atoms with Crippen LogP contribution < -0.4 is 5.73 Å². The molecule has 0 radical (unpaired) electrons. The fraction of sp³-hybridized carbons (Fsp3) is 0.636. The van der Waals surface area contributed by atoms with Crippen LogP contribution in [-0.4, -0.2) is 31.1 Å². The molecule has 2 unspecified atom stereocenters. The highest BCUT2D eigenvalue weighted by Gasteiger charge is 2.25. The van der Waals surface area contributed by atoms with Crippen LogP contribution in [0.4, 0.5) is 0 Å². The van der Waals surface area contributed by atoms with E-state index in [4.69, 9.17) is 10.2 Å². The maximum Gasteiger partial charge on any atom is 0.104 e. The maximum absolute atomic E-state index is 6.10. The minimum atomic E-state index is 0.291. The van der Waals surface area contributed by atoms with Crippen LogP contribution in [0.3, 0.4) is 0 Å². The van der Waals surface area contributed by atoms with Crippen LogP contribution in [0.2, 0.25) is 0 Å². The number of likely N-dealkylation sites (N-methyl/N-ethyl adjacent to an activating group) is 1. The first-order valence-electron chi connectivity index (χ1n) is 5.22. The molecule has 1 aliphatic heterocycles. The second kappa shape index (κ2) is 4.15. The van der Waals surface area contributed by atoms with Crippen molar-refractivity contribution in [2.75, 3.05) is 20.1 Å². The molecule has 0 saturated carbocycles. The van der Waals surface area contributed by atoms with E-state index in [9.17, 15) is 0 Å². The van der Waals surface area contributed by atoms with E-state index in [-0.39, 0.29) is 0 Å². The molecule has 3 nitrogen and oxygen atoms in total. The first kappa shape index (κ1) is 9.74. The summed E-state index contributed by atoms with van der Waals surface area (Å²) in [5.41, 5.74) is 6.10. The Morgan fingerprint density at radius 3 is 3.14 bits per heavy atom. The largest absolute Gasteiger partial charge is 0.469 e. The summed E-state index contributed by atoms with van der Waals surface area (Å²) < 4.78 is 5.34. The Morgan fingerprint density at radius 1 is 1.64 bits per heavy atom. The van der Waals surface area contributed by atoms with Crippen molar-refractivity contribution in [3.05, 3.63) is 24.2 Å². The topological polar surface area (TPSA) is 42.4 Å². The van der Waals surface area contributed by atoms with Gasteiger partial charge < -0.3 is 15.1 Å². The van der Waals surface area contributed by atoms with E-state index in [0.717, 1.165) is 25.3 Å². The number of rotatable bonds is 2. The minimum absolute atomic E-state index is 0.291. The quantitative estimate of drug-likeness (QED) is 0.766. The van der Waals surface area contributed by atoms with Crippen molar-refractivity contribution in [3.63, 3.8) is 0 Å². The number of hydrogen-bond acceptors (Lipinski definition) is 3. The first-order valence-corrected chi connectivity index (χ1v) is 5.22. The summed E-state index contributed by atoms with van der Waals surface area (Å²) in [4.78, 5) is 2.29. The Kier molecular flexibility index (Phi) is 2.89. The van der Waals surface area contributed by atoms with Gasteiger partial charge in [-0.15, -0.1) is 0 Å². The second-order valence-corrected chi connectivity index (χ2v) is 4.26. The standard InChI is InChI=1S/C11H18N2O/c1-13-5-4-9(11(12)8-13)7-10-3-2-6-14-10/h2-3,6,9,11H,4-5,7-8,12H2,1H3. The molecule has 0 bridgehead atoms. The smallest absolute Gasteiger partial charge is 0.104 e. The van der Waals surface area contributed by atoms with Gasteiger partial charge in [0, 0.05) is 19.0 Å². The minimum Gasteiger partial charge on any atom is -0.469 e. The predicted molar refractivity (Wildman–Crippen MR) is 56.0 cm³/mol. The third kappa shape index (κ3) is 2.16. The van der Waals surface area contributed by atoms with E-state index >= 15 is 0 Å². The van der Waals surface area contributed by atoms with Gasteiger partial charge in [-0.2, -0.15) is 0 Å². The molecular formula is C11H18N2O. The number of furan rings is 1. The van der Waals surface area contributed by atoms with Crippen LogP contribution in [-0.2, 0) is 6.42 Å². The highest BCUT2D eigenvalue weighted by molar-refractivity contribution is 5.01. The van der Waals surface area contributed by atoms with Crippen molar-refractivity contribution in [1.82, 2.24) is 4.90 Å². The van der Waals surface area contributed by atoms with E-state index in [0.29, 0.717) is 12.0 Å². The van der Waals surface area contributed by atoms with Gasteiger partial charge in [-0.3, -0.25) is 0 Å². The molecule has 1 fully saturated rings. The summed E-state index contributed by atoms with van der Waals surface area (Å²) in [7, 11) is 2.13. The lowest BCUT2D eigenvalue weighted by molar-refractivity contribution is 0.185. The lowest BCUT2D eigenvalue weighted by Crippen LogP contribution is -2.47. The van der Waals surface area contributed by atoms with Crippen LogP contribution in [0.5, 0.6) is 0 Å². The SMILES string of the molecule is CN1CCC(Cc2ccco2)C(N)C1. The Hall–Kier alpha value is -0.800. The Bertz CT molecular complexity index is 271. The third-order valence-corrected chi connectivity index (χ3v) is 3.05. The summed E-state index contributed by atoms with van der Waals surface area (Å²) in [6, 6.07) is 4.26. The Labute approximate surface area is 84.9 Å². The fourth-order valence-electron chi connectivity index (χ4n) is 2.14. The van der Waals surface area contributed by atoms with E-state index in [1.807, 2.05) is 12.1 Å². The molecule has 0 aromatic carbocycles. The number of nitrogens with zero attached hydrogens (tertiary/aromatic N) is 1. The monoisotopic (exact) mass is 194 g/mol. The molecule has 0 amide bonds. The van der Waals surface area contributed by atoms with Crippen molar-refractivity contribution in [3.8, 4) is 0 Å². The molecule has 0 aliphatic carbocycles. The first-order chi connectivity index (χ1) is 6.75. The molecule has 3 heteroatoms. The van der Waals surface area contributed by atoms with Crippen molar-refractivity contribution in [2.45, 2.75) is 18.9 Å². The average molecular weight is 194 g/mol. The van der Waals surface area contributed by atoms with Gasteiger partial charge >= 0.3 is 0 Å². The van der Waals surface area contributed by atoms with Crippen LogP contribution in [0.1, 0.15) is 12.2 Å². The molecule has 1 aromatic heterocycles. The third-order valence-electron chi connectivity index (χ3n) is 3.05. The van der Waals surface area contributed by atoms with Crippen molar-refractivity contribution >= 4 is 0 Å². The normalized spacial score (nSPS) is 29.3. The lowest BCUT2D eigenvalue weighted by Gasteiger charge is -2.34. The molecule has 1 aliphatic rings. The highest BCUT2D eigenvalue weighted by Crippen LogP contribution is 2.20. The number of hydrogen-bond donors (Lipinski definition) is 1. The molecule has 1 saturated heterocycles. The lowest BCUT2D eigenvalue weighted by atomic mass is 9.89. The highest BCUT2D eigenvalue weighted by atomic mass is 16.3. The van der Waals surface area contributed by atoms with Crippen molar-refractivity contribution < 1.29 is 4.42 Å². The number of nitrogens with two attached hydrogens (primary N) is 1. The summed E-state index contributed by atoms with van der Waals surface area (Å²) in [5.74, 6) is 1.65. The van der Waals surface area contributed by atoms with Gasteiger partial charge in [0.1, 0.15) is 5.76 Å². The van der Waals surface area contributed by atoms with Gasteiger partial charge in [-0.05, 0) is 38.1 Å². The van der Waals surface area contributed by atoms with Gasteiger partial charge in [0.25, 0.3) is 0 Å². The Morgan fingerprint density at radius 2 is 2.50 bits per heavy atom. The van der Waals surface area contributed by atoms with Crippen LogP contribution in [0.15, 0.2) is 22.8 Å². The predicted octanol–water partition coefficient (Wildman–Crippen LogP) is 1.10. The van der Waals surface area contributed by atoms with Crippen molar-refractivity contribution in [1.29, 1.82) is 0 Å². The molecule has 2 rings (SSSR count). The van der Waals surface area contributed by atoms with Gasteiger partial charge in [0.15, 0.2) is 0 Å². The summed E-state index contributed by atoms with van der Waals surface area (Å²) in [5, 5.41) is 0. The second-order valence-electron chi connectivity index (χ2n) is 4.26. The van der Waals surface area contributed by atoms with E-state index < -0.39 is 0 Å². The van der Waals surface area contributed by atoms with E-state index in [1.165, 1.54) is 6.42 Å². The van der Waals surface area contributed by atoms with E-state index in [1.54, 1.807) is 6.26 Å². The number of likely N-dealkylation sites (tertiary alicyclic amines) is 1. The summed E-state index contributed by atoms with van der Waals surface area (Å²) >= 11 is 0. The molecule has 2 atom stereocenters. The van der Waals surface area contributed by atoms with E-state index in [2.05, 4.69) is 11.9 Å². The number of piperidine rings is 1. The van der Waals surface area contributed by atoms with Crippen LogP contribution in [0, 0.1) is 5.92 Å². The zero-order chi connectivity index (χ0) is 9.97. The molecule has 2 N–H and O–H groups in total. The summed E-state index contributed by atoms with van der Waals surface area (Å²) in [6.07, 6.45) is 3.90. The van der Waals surface area contributed by atoms with Gasteiger partial charge in [-0.25, -0.2) is 0 Å². The van der Waals surface area contributed by atoms with Crippen LogP contribution >= 0.6 is 0 Å². The molecule has 0 spiro atoms. The average Bonchev–Trinajstić information content (AvgIpc) is 2.62. The van der Waals surface area contributed by atoms with Gasteiger partial charge in [0.2, 0.25) is 0 Å². The molecule has 1 aromatic rings. The Balaban J connectivity index is 1.92. The van der Waals surface area contributed by atoms with Crippen molar-refractivity contribution in [2.24, 2.45) is 11.7 Å². The molecular weight excluding hydrogens is 176 g/mol. The van der Waals surface area contributed by atoms with Gasteiger partial charge in [-0.1, -0.05) is 0 Å². The zero-order valence-corrected chi connectivity index (χ0v) is 8.65. The fourth-order valence-corrected chi connectivity index (χ4v) is 2.14.